The van der Waals surface area contributed by atoms with Crippen molar-refractivity contribution < 1.29 is 9.57 Å². The first-order valence-corrected chi connectivity index (χ1v) is 8.19. The van der Waals surface area contributed by atoms with Gasteiger partial charge in [-0.2, -0.15) is 0 Å². The molecule has 0 amide bonds. The molecule has 0 unspecified atom stereocenters. The highest BCUT2D eigenvalue weighted by Crippen LogP contribution is 2.35. The van der Waals surface area contributed by atoms with E-state index >= 15 is 0 Å². The number of hydrogen-bond donors (Lipinski definition) is 1. The molecule has 1 aromatic rings. The first-order chi connectivity index (χ1) is 10.8. The first kappa shape index (κ1) is 14.0. The van der Waals surface area contributed by atoms with E-state index in [1.54, 1.807) is 7.11 Å². The Balaban J connectivity index is 1.50. The molecule has 0 aromatic heterocycles. The van der Waals surface area contributed by atoms with E-state index in [4.69, 9.17) is 9.57 Å². The Morgan fingerprint density at radius 2 is 2.23 bits per heavy atom. The molecule has 2 atom stereocenters. The smallest absolute Gasteiger partial charge is 0.148 e. The number of oxime groups is 1. The molecule has 1 aromatic carbocycles. The Morgan fingerprint density at radius 1 is 1.36 bits per heavy atom. The standard InChI is InChI=1S/C17H23N3O2/c1-21-13-3-5-14-12(10-13)2-4-15-16(22-19-17(14)15)11-20-8-6-18-7-9-20/h3,5,10,15-16,18H,2,4,6-9,11H2,1H3/t15-,16-/m0/s1. The maximum absolute atomic E-state index is 5.81. The van der Waals surface area contributed by atoms with Gasteiger partial charge in [-0.3, -0.25) is 4.90 Å². The molecule has 3 aliphatic rings. The van der Waals surface area contributed by atoms with Crippen LogP contribution in [0.3, 0.4) is 0 Å². The maximum atomic E-state index is 5.81. The highest BCUT2D eigenvalue weighted by Gasteiger charge is 2.39. The zero-order chi connectivity index (χ0) is 14.9. The fourth-order valence-corrected chi connectivity index (χ4v) is 3.79. The number of benzene rings is 1. The molecule has 0 saturated carbocycles. The second kappa shape index (κ2) is 5.89. The molecule has 5 heteroatoms. The minimum absolute atomic E-state index is 0.211. The molecule has 1 fully saturated rings. The van der Waals surface area contributed by atoms with Crippen LogP contribution in [-0.2, 0) is 11.3 Å². The van der Waals surface area contributed by atoms with Crippen molar-refractivity contribution in [2.75, 3.05) is 39.8 Å². The molecule has 0 bridgehead atoms. The summed E-state index contributed by atoms with van der Waals surface area (Å²) in [5, 5.41) is 7.83. The van der Waals surface area contributed by atoms with Gasteiger partial charge in [-0.25, -0.2) is 0 Å². The normalized spacial score (nSPS) is 27.6. The topological polar surface area (TPSA) is 46.1 Å². The molecule has 0 radical (unpaired) electrons. The van der Waals surface area contributed by atoms with Gasteiger partial charge in [0.25, 0.3) is 0 Å². The van der Waals surface area contributed by atoms with Gasteiger partial charge in [0.1, 0.15) is 11.9 Å². The molecule has 1 aliphatic carbocycles. The number of nitrogens with one attached hydrogen (secondary N) is 1. The van der Waals surface area contributed by atoms with Crippen molar-refractivity contribution in [3.63, 3.8) is 0 Å². The molecule has 2 heterocycles. The number of methoxy groups -OCH3 is 1. The minimum atomic E-state index is 0.211. The number of nitrogens with zero attached hydrogens (tertiary/aromatic N) is 2. The monoisotopic (exact) mass is 301 g/mol. The molecule has 0 spiro atoms. The third-order valence-electron chi connectivity index (χ3n) is 5.05. The largest absolute Gasteiger partial charge is 0.497 e. The van der Waals surface area contributed by atoms with E-state index in [9.17, 15) is 0 Å². The molecule has 118 valence electrons. The number of fused-ring (bicyclic) bond motifs is 3. The van der Waals surface area contributed by atoms with Gasteiger partial charge in [0, 0.05) is 44.2 Å². The van der Waals surface area contributed by atoms with Crippen LogP contribution in [0.25, 0.3) is 0 Å². The van der Waals surface area contributed by atoms with Crippen LogP contribution >= 0.6 is 0 Å². The Kier molecular flexibility index (Phi) is 3.76. The van der Waals surface area contributed by atoms with Crippen LogP contribution in [0.15, 0.2) is 23.4 Å². The van der Waals surface area contributed by atoms with Gasteiger partial charge in [-0.05, 0) is 36.6 Å². The summed E-state index contributed by atoms with van der Waals surface area (Å²) in [6.07, 6.45) is 2.41. The van der Waals surface area contributed by atoms with Gasteiger partial charge in [-0.1, -0.05) is 5.16 Å². The van der Waals surface area contributed by atoms with Gasteiger partial charge >= 0.3 is 0 Å². The van der Waals surface area contributed by atoms with Crippen LogP contribution < -0.4 is 10.1 Å². The van der Waals surface area contributed by atoms with E-state index in [0.29, 0.717) is 5.92 Å². The highest BCUT2D eigenvalue weighted by molar-refractivity contribution is 6.05. The predicted octanol–water partition coefficient (Wildman–Crippen LogP) is 1.27. The number of aryl methyl sites for hydroxylation is 1. The zero-order valence-electron chi connectivity index (χ0n) is 13.0. The molecular weight excluding hydrogens is 278 g/mol. The van der Waals surface area contributed by atoms with Crippen molar-refractivity contribution in [1.82, 2.24) is 10.2 Å². The fraction of sp³-hybridized carbons (Fsp3) is 0.588. The second-order valence-electron chi connectivity index (χ2n) is 6.34. The van der Waals surface area contributed by atoms with Crippen molar-refractivity contribution >= 4 is 5.71 Å². The van der Waals surface area contributed by atoms with Crippen LogP contribution in [0.1, 0.15) is 17.5 Å². The van der Waals surface area contributed by atoms with E-state index < -0.39 is 0 Å². The molecule has 1 saturated heterocycles. The summed E-state index contributed by atoms with van der Waals surface area (Å²) in [6.45, 7) is 5.36. The first-order valence-electron chi connectivity index (χ1n) is 8.19. The Morgan fingerprint density at radius 3 is 3.05 bits per heavy atom. The third-order valence-corrected chi connectivity index (χ3v) is 5.05. The average Bonchev–Trinajstić information content (AvgIpc) is 2.98. The van der Waals surface area contributed by atoms with Crippen molar-refractivity contribution in [2.24, 2.45) is 11.1 Å². The van der Waals surface area contributed by atoms with Gasteiger partial charge < -0.3 is 14.9 Å². The second-order valence-corrected chi connectivity index (χ2v) is 6.34. The van der Waals surface area contributed by atoms with E-state index in [1.165, 1.54) is 11.1 Å². The molecule has 5 nitrogen and oxygen atoms in total. The number of rotatable bonds is 3. The molecule has 22 heavy (non-hydrogen) atoms. The number of ether oxygens (including phenoxy) is 1. The number of hydrogen-bond acceptors (Lipinski definition) is 5. The van der Waals surface area contributed by atoms with E-state index in [1.807, 2.05) is 6.07 Å². The maximum Gasteiger partial charge on any atom is 0.148 e. The number of piperazine rings is 1. The summed E-state index contributed by atoms with van der Waals surface area (Å²) < 4.78 is 5.33. The lowest BCUT2D eigenvalue weighted by atomic mass is 9.79. The SMILES string of the molecule is COc1ccc2c(c1)CC[C@@H]1C2=NO[C@H]1CN1CCNCC1. The summed E-state index contributed by atoms with van der Waals surface area (Å²) in [4.78, 5) is 8.30. The third kappa shape index (κ3) is 2.48. The van der Waals surface area contributed by atoms with E-state index in [-0.39, 0.29) is 6.10 Å². The summed E-state index contributed by atoms with van der Waals surface area (Å²) >= 11 is 0. The van der Waals surface area contributed by atoms with Crippen LogP contribution in [0.4, 0.5) is 0 Å². The van der Waals surface area contributed by atoms with Crippen LogP contribution in [0.2, 0.25) is 0 Å². The van der Waals surface area contributed by atoms with Crippen LogP contribution in [0.5, 0.6) is 5.75 Å². The Hall–Kier alpha value is -1.59. The lowest BCUT2D eigenvalue weighted by molar-refractivity contribution is 0.0270. The van der Waals surface area contributed by atoms with Crippen molar-refractivity contribution in [1.29, 1.82) is 0 Å². The van der Waals surface area contributed by atoms with Gasteiger partial charge in [0.2, 0.25) is 0 Å². The van der Waals surface area contributed by atoms with E-state index in [2.05, 4.69) is 27.5 Å². The average molecular weight is 301 g/mol. The summed E-state index contributed by atoms with van der Waals surface area (Å²) in [5.41, 5.74) is 3.73. The van der Waals surface area contributed by atoms with Gasteiger partial charge in [-0.15, -0.1) is 0 Å². The van der Waals surface area contributed by atoms with Gasteiger partial charge in [0.15, 0.2) is 0 Å². The minimum Gasteiger partial charge on any atom is -0.497 e. The summed E-state index contributed by atoms with van der Waals surface area (Å²) in [5.74, 6) is 1.37. The fourth-order valence-electron chi connectivity index (χ4n) is 3.79. The van der Waals surface area contributed by atoms with Crippen molar-refractivity contribution in [2.45, 2.75) is 18.9 Å². The summed E-state index contributed by atoms with van der Waals surface area (Å²) in [7, 11) is 1.72. The van der Waals surface area contributed by atoms with Crippen molar-refractivity contribution in [3.05, 3.63) is 29.3 Å². The van der Waals surface area contributed by atoms with Crippen LogP contribution in [-0.4, -0.2) is 56.5 Å². The molecule has 1 N–H and O–H groups in total. The zero-order valence-corrected chi connectivity index (χ0v) is 13.0. The van der Waals surface area contributed by atoms with E-state index in [0.717, 1.165) is 57.0 Å². The van der Waals surface area contributed by atoms with Gasteiger partial charge in [0.05, 0.1) is 12.8 Å². The lowest BCUT2D eigenvalue weighted by Crippen LogP contribution is -2.48. The predicted molar refractivity (Wildman–Crippen MR) is 85.5 cm³/mol. The highest BCUT2D eigenvalue weighted by atomic mass is 16.6. The quantitative estimate of drug-likeness (QED) is 0.913. The molecular formula is C17H23N3O2. The summed E-state index contributed by atoms with van der Waals surface area (Å²) in [6, 6.07) is 6.29. The molecule has 2 aliphatic heterocycles. The van der Waals surface area contributed by atoms with Crippen LogP contribution in [0, 0.1) is 5.92 Å². The lowest BCUT2D eigenvalue weighted by Gasteiger charge is -2.31. The Labute approximate surface area is 131 Å². The molecule has 4 rings (SSSR count). The van der Waals surface area contributed by atoms with Crippen molar-refractivity contribution in [3.8, 4) is 5.75 Å². The Bertz CT molecular complexity index is 581.